The maximum absolute atomic E-state index is 13.0. The summed E-state index contributed by atoms with van der Waals surface area (Å²) in [7, 11) is 0. The molecular weight excluding hydrogens is 602 g/mol. The summed E-state index contributed by atoms with van der Waals surface area (Å²) in [6, 6.07) is -0.438. The second kappa shape index (κ2) is 20.1. The van der Waals surface area contributed by atoms with Crippen molar-refractivity contribution in [2.75, 3.05) is 39.3 Å². The van der Waals surface area contributed by atoms with Gasteiger partial charge < -0.3 is 29.9 Å². The number of unbranched alkanes of at least 4 members (excludes halogenated alkanes) is 8. The maximum Gasteiger partial charge on any atom is 0.410 e. The van der Waals surface area contributed by atoms with Crippen molar-refractivity contribution in [2.24, 2.45) is 0 Å². The number of piperazine rings is 1. The molecule has 13 nitrogen and oxygen atoms in total. The Morgan fingerprint density at radius 1 is 0.745 bits per heavy atom. The van der Waals surface area contributed by atoms with Gasteiger partial charge in [-0.05, 0) is 80.6 Å². The number of hydrogen-bond donors (Lipinski definition) is 2. The van der Waals surface area contributed by atoms with E-state index >= 15 is 0 Å². The summed E-state index contributed by atoms with van der Waals surface area (Å²) in [5, 5.41) is 14.0. The number of aryl methyl sites for hydroxylation is 1. The third-order valence-corrected chi connectivity index (χ3v) is 7.72. The Morgan fingerprint density at radius 2 is 1.28 bits per heavy atom. The first-order valence-corrected chi connectivity index (χ1v) is 17.5. The predicted molar refractivity (Wildman–Crippen MR) is 181 cm³/mol. The molecule has 1 atom stereocenters. The molecule has 13 heteroatoms. The molecule has 1 aliphatic heterocycles. The fraction of sp³-hybridized carbons (Fsp3) is 0.824. The summed E-state index contributed by atoms with van der Waals surface area (Å²) >= 11 is 0. The monoisotopic (exact) mass is 663 g/mol. The minimum Gasteiger partial charge on any atom is -0.444 e. The van der Waals surface area contributed by atoms with Gasteiger partial charge in [0.05, 0.1) is 5.69 Å². The molecule has 0 radical (unpaired) electrons. The van der Waals surface area contributed by atoms with Crippen molar-refractivity contribution >= 4 is 24.0 Å². The molecule has 1 aromatic rings. The zero-order valence-corrected chi connectivity index (χ0v) is 30.1. The number of ether oxygens (including phenoxy) is 2. The average molecular weight is 664 g/mol. The van der Waals surface area contributed by atoms with E-state index in [4.69, 9.17) is 9.47 Å². The van der Waals surface area contributed by atoms with E-state index in [1.54, 1.807) is 15.8 Å². The Kier molecular flexibility index (Phi) is 17.0. The SMILES string of the molecule is Cc1cn([C@@H](CCCCNC(=O)OC(C)(C)C)C(=O)NCCCCCCCCCCC(=O)N2CCN(C(=O)OC(C)(C)C)CC2)nn1. The van der Waals surface area contributed by atoms with Crippen LogP contribution in [0.25, 0.3) is 0 Å². The summed E-state index contributed by atoms with van der Waals surface area (Å²) in [4.78, 5) is 53.2. The highest BCUT2D eigenvalue weighted by Crippen LogP contribution is 2.17. The molecule has 0 aromatic carbocycles. The zero-order valence-electron chi connectivity index (χ0n) is 30.1. The normalized spacial score (nSPS) is 14.4. The molecule has 2 heterocycles. The Balaban J connectivity index is 1.52. The van der Waals surface area contributed by atoms with Gasteiger partial charge >= 0.3 is 12.2 Å². The zero-order chi connectivity index (χ0) is 34.9. The first-order valence-electron chi connectivity index (χ1n) is 17.5. The number of carbonyl (C=O) groups is 4. The predicted octanol–water partition coefficient (Wildman–Crippen LogP) is 5.53. The molecule has 268 valence electrons. The second-order valence-corrected chi connectivity index (χ2v) is 14.5. The van der Waals surface area contributed by atoms with Gasteiger partial charge in [-0.25, -0.2) is 14.3 Å². The summed E-state index contributed by atoms with van der Waals surface area (Å²) in [5.74, 6) is 0.113. The van der Waals surface area contributed by atoms with E-state index < -0.39 is 23.3 Å². The molecule has 1 saturated heterocycles. The molecule has 4 amide bonds. The smallest absolute Gasteiger partial charge is 0.410 e. The van der Waals surface area contributed by atoms with Crippen molar-refractivity contribution in [3.05, 3.63) is 11.9 Å². The van der Waals surface area contributed by atoms with E-state index in [0.717, 1.165) is 69.9 Å². The van der Waals surface area contributed by atoms with E-state index in [1.165, 1.54) is 0 Å². The third kappa shape index (κ3) is 17.4. The van der Waals surface area contributed by atoms with E-state index in [2.05, 4.69) is 20.9 Å². The van der Waals surface area contributed by atoms with Crippen LogP contribution in [0.3, 0.4) is 0 Å². The van der Waals surface area contributed by atoms with Gasteiger partial charge in [-0.1, -0.05) is 43.7 Å². The molecule has 47 heavy (non-hydrogen) atoms. The molecule has 0 saturated carbocycles. The lowest BCUT2D eigenvalue weighted by molar-refractivity contribution is -0.133. The van der Waals surface area contributed by atoms with Gasteiger partial charge in [0.2, 0.25) is 11.8 Å². The number of amides is 4. The molecule has 1 aliphatic rings. The van der Waals surface area contributed by atoms with Crippen LogP contribution in [0.5, 0.6) is 0 Å². The fourth-order valence-corrected chi connectivity index (χ4v) is 5.28. The lowest BCUT2D eigenvalue weighted by Gasteiger charge is -2.35. The first-order chi connectivity index (χ1) is 22.1. The molecule has 0 bridgehead atoms. The number of aromatic nitrogens is 3. The topological polar surface area (TPSA) is 148 Å². The second-order valence-electron chi connectivity index (χ2n) is 14.5. The van der Waals surface area contributed by atoms with E-state index in [9.17, 15) is 19.2 Å². The van der Waals surface area contributed by atoms with Crippen LogP contribution in [0, 0.1) is 6.92 Å². The maximum atomic E-state index is 13.0. The highest BCUT2D eigenvalue weighted by atomic mass is 16.6. The van der Waals surface area contributed by atoms with Crippen LogP contribution >= 0.6 is 0 Å². The van der Waals surface area contributed by atoms with E-state index in [0.29, 0.717) is 52.1 Å². The molecule has 0 unspecified atom stereocenters. The Hall–Kier alpha value is -3.38. The fourth-order valence-electron chi connectivity index (χ4n) is 5.28. The van der Waals surface area contributed by atoms with Crippen LogP contribution in [-0.2, 0) is 19.1 Å². The van der Waals surface area contributed by atoms with Gasteiger partial charge in [0.15, 0.2) is 0 Å². The van der Waals surface area contributed by atoms with Crippen LogP contribution < -0.4 is 10.6 Å². The Bertz CT molecular complexity index is 1100. The number of rotatable bonds is 18. The van der Waals surface area contributed by atoms with Crippen molar-refractivity contribution in [3.8, 4) is 0 Å². The van der Waals surface area contributed by atoms with Gasteiger partial charge in [-0.3, -0.25) is 9.59 Å². The largest absolute Gasteiger partial charge is 0.444 e. The van der Waals surface area contributed by atoms with Crippen molar-refractivity contribution < 1.29 is 28.7 Å². The number of alkyl carbamates (subject to hydrolysis) is 1. The quantitative estimate of drug-likeness (QED) is 0.195. The van der Waals surface area contributed by atoms with Crippen molar-refractivity contribution in [2.45, 2.75) is 143 Å². The summed E-state index contributed by atoms with van der Waals surface area (Å²) in [5.41, 5.74) is -0.290. The van der Waals surface area contributed by atoms with Crippen molar-refractivity contribution in [1.29, 1.82) is 0 Å². The van der Waals surface area contributed by atoms with Crippen molar-refractivity contribution in [3.63, 3.8) is 0 Å². The molecule has 2 N–H and O–H groups in total. The lowest BCUT2D eigenvalue weighted by Crippen LogP contribution is -2.51. The minimum atomic E-state index is -0.535. The van der Waals surface area contributed by atoms with E-state index in [1.807, 2.05) is 53.4 Å². The summed E-state index contributed by atoms with van der Waals surface area (Å²) < 4.78 is 12.3. The van der Waals surface area contributed by atoms with Gasteiger partial charge in [0.25, 0.3) is 0 Å². The number of carbonyl (C=O) groups excluding carboxylic acids is 4. The van der Waals surface area contributed by atoms with Crippen LogP contribution in [0.1, 0.15) is 130 Å². The van der Waals surface area contributed by atoms with Crippen molar-refractivity contribution in [1.82, 2.24) is 35.4 Å². The Morgan fingerprint density at radius 3 is 1.85 bits per heavy atom. The van der Waals surface area contributed by atoms with Crippen LogP contribution in [0.2, 0.25) is 0 Å². The highest BCUT2D eigenvalue weighted by molar-refractivity contribution is 5.80. The molecular formula is C34H61N7O6. The van der Waals surface area contributed by atoms with Gasteiger partial charge in [0, 0.05) is 51.9 Å². The molecule has 2 rings (SSSR count). The van der Waals surface area contributed by atoms with Gasteiger partial charge in [-0.2, -0.15) is 0 Å². The molecule has 1 aromatic heterocycles. The minimum absolute atomic E-state index is 0.0607. The molecule has 1 fully saturated rings. The number of hydrogen-bond acceptors (Lipinski definition) is 8. The molecule has 0 aliphatic carbocycles. The van der Waals surface area contributed by atoms with Gasteiger partial charge in [0.1, 0.15) is 17.2 Å². The average Bonchev–Trinajstić information content (AvgIpc) is 3.41. The summed E-state index contributed by atoms with van der Waals surface area (Å²) in [6.45, 7) is 16.2. The highest BCUT2D eigenvalue weighted by Gasteiger charge is 2.27. The van der Waals surface area contributed by atoms with E-state index in [-0.39, 0.29) is 17.9 Å². The van der Waals surface area contributed by atoms with Gasteiger partial charge in [-0.15, -0.1) is 5.10 Å². The standard InChI is InChI=1S/C34H61N7O6/c1-27-26-41(38-37-27)28(18-15-17-21-36-31(44)46-33(2,3)4)30(43)35-20-16-13-11-9-8-10-12-14-19-29(42)39-22-24-40(25-23-39)32(45)47-34(5,6)7/h26,28H,8-25H2,1-7H3,(H,35,43)(H,36,44)/t28-/m0/s1. The lowest BCUT2D eigenvalue weighted by atomic mass is 10.1. The van der Waals surface area contributed by atoms with Crippen LogP contribution in [-0.4, -0.2) is 99.3 Å². The van der Waals surface area contributed by atoms with Crippen LogP contribution in [0.15, 0.2) is 6.20 Å². The van der Waals surface area contributed by atoms with Crippen LogP contribution in [0.4, 0.5) is 9.59 Å². The summed E-state index contributed by atoms with van der Waals surface area (Å²) in [6.07, 6.45) is 12.1. The number of nitrogens with zero attached hydrogens (tertiary/aromatic N) is 5. The first kappa shape index (κ1) is 39.8. The third-order valence-electron chi connectivity index (χ3n) is 7.72. The molecule has 0 spiro atoms. The number of nitrogens with one attached hydrogen (secondary N) is 2. The Labute approximate surface area is 281 Å².